The van der Waals surface area contributed by atoms with Crippen molar-refractivity contribution < 1.29 is 9.15 Å². The summed E-state index contributed by atoms with van der Waals surface area (Å²) in [6.45, 7) is 1.94. The standard InChI is InChI=1S/C14H15NO2/c1-16-12-2-3-13-11(8-12)9-17-14(13)10-4-6-15-7-5-10/h2-4,8-9,15H,5-7H2,1H3. The van der Waals surface area contributed by atoms with Crippen molar-refractivity contribution in [3.8, 4) is 5.75 Å². The molecule has 1 N–H and O–H groups in total. The summed E-state index contributed by atoms with van der Waals surface area (Å²) in [5.41, 5.74) is 1.30. The molecule has 0 aliphatic carbocycles. The summed E-state index contributed by atoms with van der Waals surface area (Å²) in [7, 11) is 1.68. The average Bonchev–Trinajstić information content (AvgIpc) is 2.82. The molecule has 0 amide bonds. The van der Waals surface area contributed by atoms with Gasteiger partial charge in [0.05, 0.1) is 13.4 Å². The minimum atomic E-state index is 0.865. The van der Waals surface area contributed by atoms with Gasteiger partial charge in [-0.25, -0.2) is 0 Å². The summed E-state index contributed by atoms with van der Waals surface area (Å²) in [5, 5.41) is 5.57. The first-order valence-corrected chi connectivity index (χ1v) is 5.84. The predicted octanol–water partition coefficient (Wildman–Crippen LogP) is 2.82. The molecule has 0 atom stereocenters. The van der Waals surface area contributed by atoms with Crippen LogP contribution in [0.15, 0.2) is 35.0 Å². The molecule has 0 bridgehead atoms. The molecule has 1 aliphatic rings. The molecular weight excluding hydrogens is 214 g/mol. The van der Waals surface area contributed by atoms with Gasteiger partial charge >= 0.3 is 0 Å². The van der Waals surface area contributed by atoms with Gasteiger partial charge < -0.3 is 14.5 Å². The fraction of sp³-hybridized carbons (Fsp3) is 0.286. The molecule has 3 nitrogen and oxygen atoms in total. The maximum absolute atomic E-state index is 5.70. The van der Waals surface area contributed by atoms with Crippen LogP contribution in [0.3, 0.4) is 0 Å². The van der Waals surface area contributed by atoms with Crippen molar-refractivity contribution in [2.24, 2.45) is 0 Å². The van der Waals surface area contributed by atoms with Gasteiger partial charge in [-0.05, 0) is 36.7 Å². The number of methoxy groups -OCH3 is 1. The fourth-order valence-electron chi connectivity index (χ4n) is 2.24. The van der Waals surface area contributed by atoms with Crippen LogP contribution in [-0.4, -0.2) is 20.2 Å². The Morgan fingerprint density at radius 3 is 3.06 bits per heavy atom. The number of ether oxygens (including phenoxy) is 1. The summed E-state index contributed by atoms with van der Waals surface area (Å²) in [6.07, 6.45) is 5.02. The highest BCUT2D eigenvalue weighted by Crippen LogP contribution is 2.31. The van der Waals surface area contributed by atoms with Crippen molar-refractivity contribution in [2.75, 3.05) is 20.2 Å². The lowest BCUT2D eigenvalue weighted by atomic mass is 10.0. The molecule has 1 aromatic heterocycles. The molecule has 17 heavy (non-hydrogen) atoms. The van der Waals surface area contributed by atoms with E-state index in [4.69, 9.17) is 9.15 Å². The first-order chi connectivity index (χ1) is 8.38. The Morgan fingerprint density at radius 2 is 2.29 bits per heavy atom. The van der Waals surface area contributed by atoms with E-state index in [9.17, 15) is 0 Å². The SMILES string of the molecule is COc1ccc2c(C3=CCNCC3)occ2c1. The molecular formula is C14H15NO2. The van der Waals surface area contributed by atoms with Crippen LogP contribution in [0.4, 0.5) is 0 Å². The molecule has 1 aliphatic heterocycles. The van der Waals surface area contributed by atoms with Gasteiger partial charge in [-0.15, -0.1) is 0 Å². The summed E-state index contributed by atoms with van der Waals surface area (Å²) in [6, 6.07) is 6.04. The van der Waals surface area contributed by atoms with Gasteiger partial charge in [-0.2, -0.15) is 0 Å². The van der Waals surface area contributed by atoms with Crippen LogP contribution in [-0.2, 0) is 0 Å². The Kier molecular flexibility index (Phi) is 2.61. The first-order valence-electron chi connectivity index (χ1n) is 5.84. The van der Waals surface area contributed by atoms with Crippen molar-refractivity contribution in [1.29, 1.82) is 0 Å². The topological polar surface area (TPSA) is 34.4 Å². The predicted molar refractivity (Wildman–Crippen MR) is 68.2 cm³/mol. The van der Waals surface area contributed by atoms with E-state index >= 15 is 0 Å². The quantitative estimate of drug-likeness (QED) is 0.859. The van der Waals surface area contributed by atoms with E-state index in [0.717, 1.165) is 36.4 Å². The summed E-state index contributed by atoms with van der Waals surface area (Å²) in [4.78, 5) is 0. The summed E-state index contributed by atoms with van der Waals surface area (Å²) in [5.74, 6) is 1.87. The van der Waals surface area contributed by atoms with Gasteiger partial charge in [0.1, 0.15) is 11.5 Å². The molecule has 88 valence electrons. The second kappa shape index (κ2) is 4.26. The number of benzene rings is 1. The highest BCUT2D eigenvalue weighted by atomic mass is 16.5. The number of hydrogen-bond donors (Lipinski definition) is 1. The van der Waals surface area contributed by atoms with Crippen molar-refractivity contribution in [1.82, 2.24) is 5.32 Å². The van der Waals surface area contributed by atoms with Crippen LogP contribution >= 0.6 is 0 Å². The zero-order valence-corrected chi connectivity index (χ0v) is 9.82. The third-order valence-electron chi connectivity index (χ3n) is 3.16. The molecule has 0 unspecified atom stereocenters. The number of rotatable bonds is 2. The lowest BCUT2D eigenvalue weighted by Crippen LogP contribution is -2.19. The Bertz CT molecular complexity index is 569. The largest absolute Gasteiger partial charge is 0.497 e. The minimum Gasteiger partial charge on any atom is -0.497 e. The molecule has 0 spiro atoms. The lowest BCUT2D eigenvalue weighted by Gasteiger charge is -2.12. The number of furan rings is 1. The minimum absolute atomic E-state index is 0.865. The fourth-order valence-corrected chi connectivity index (χ4v) is 2.24. The summed E-state index contributed by atoms with van der Waals surface area (Å²) < 4.78 is 10.9. The lowest BCUT2D eigenvalue weighted by molar-refractivity contribution is 0.415. The zero-order chi connectivity index (χ0) is 11.7. The number of nitrogens with one attached hydrogen (secondary N) is 1. The Balaban J connectivity index is 2.08. The van der Waals surface area contributed by atoms with Gasteiger partial charge in [-0.1, -0.05) is 6.08 Å². The Labute approximate surface area is 100 Å². The molecule has 2 aromatic rings. The number of fused-ring (bicyclic) bond motifs is 1. The molecule has 0 radical (unpaired) electrons. The Morgan fingerprint density at radius 1 is 1.35 bits per heavy atom. The maximum Gasteiger partial charge on any atom is 0.137 e. The zero-order valence-electron chi connectivity index (χ0n) is 9.82. The van der Waals surface area contributed by atoms with Crippen molar-refractivity contribution in [3.63, 3.8) is 0 Å². The van der Waals surface area contributed by atoms with E-state index in [2.05, 4.69) is 17.5 Å². The van der Waals surface area contributed by atoms with E-state index < -0.39 is 0 Å². The molecule has 0 saturated carbocycles. The van der Waals surface area contributed by atoms with E-state index in [1.165, 1.54) is 11.0 Å². The first kappa shape index (κ1) is 10.4. The van der Waals surface area contributed by atoms with E-state index in [-0.39, 0.29) is 0 Å². The van der Waals surface area contributed by atoms with Gasteiger partial charge in [0.25, 0.3) is 0 Å². The third-order valence-corrected chi connectivity index (χ3v) is 3.16. The van der Waals surface area contributed by atoms with Crippen LogP contribution in [0.2, 0.25) is 0 Å². The Hall–Kier alpha value is -1.74. The molecule has 2 heterocycles. The second-order valence-electron chi connectivity index (χ2n) is 4.20. The van der Waals surface area contributed by atoms with Crippen LogP contribution in [0.5, 0.6) is 5.75 Å². The van der Waals surface area contributed by atoms with E-state index in [1.807, 2.05) is 12.1 Å². The molecule has 3 rings (SSSR count). The van der Waals surface area contributed by atoms with Crippen LogP contribution < -0.4 is 10.1 Å². The van der Waals surface area contributed by atoms with E-state index in [0.29, 0.717) is 0 Å². The smallest absolute Gasteiger partial charge is 0.137 e. The van der Waals surface area contributed by atoms with Gasteiger partial charge in [0.15, 0.2) is 0 Å². The summed E-state index contributed by atoms with van der Waals surface area (Å²) >= 11 is 0. The monoisotopic (exact) mass is 229 g/mol. The highest BCUT2D eigenvalue weighted by molar-refractivity contribution is 5.92. The molecule has 3 heteroatoms. The highest BCUT2D eigenvalue weighted by Gasteiger charge is 2.13. The normalized spacial score (nSPS) is 15.9. The van der Waals surface area contributed by atoms with Gasteiger partial charge in [0.2, 0.25) is 0 Å². The van der Waals surface area contributed by atoms with Crippen LogP contribution in [0.1, 0.15) is 12.2 Å². The van der Waals surface area contributed by atoms with Gasteiger partial charge in [0, 0.05) is 17.3 Å². The van der Waals surface area contributed by atoms with Crippen molar-refractivity contribution in [3.05, 3.63) is 36.3 Å². The molecule has 0 fully saturated rings. The van der Waals surface area contributed by atoms with Crippen molar-refractivity contribution >= 4 is 16.3 Å². The van der Waals surface area contributed by atoms with Crippen LogP contribution in [0, 0.1) is 0 Å². The van der Waals surface area contributed by atoms with E-state index in [1.54, 1.807) is 13.4 Å². The van der Waals surface area contributed by atoms with Crippen molar-refractivity contribution in [2.45, 2.75) is 6.42 Å². The van der Waals surface area contributed by atoms with Crippen LogP contribution in [0.25, 0.3) is 16.3 Å². The third kappa shape index (κ3) is 1.83. The average molecular weight is 229 g/mol. The van der Waals surface area contributed by atoms with Gasteiger partial charge in [-0.3, -0.25) is 0 Å². The number of hydrogen-bond acceptors (Lipinski definition) is 3. The maximum atomic E-state index is 5.70. The second-order valence-corrected chi connectivity index (χ2v) is 4.20. The molecule has 1 aromatic carbocycles. The molecule has 0 saturated heterocycles.